The van der Waals surface area contributed by atoms with Crippen molar-refractivity contribution in [3.05, 3.63) is 0 Å². The van der Waals surface area contributed by atoms with E-state index < -0.39 is 0 Å². The van der Waals surface area contributed by atoms with Crippen molar-refractivity contribution >= 4 is 6.03 Å². The number of hydrogen-bond donors (Lipinski definition) is 0. The molecule has 74 valence electrons. The Labute approximate surface area is 79.7 Å². The first-order valence-electron chi connectivity index (χ1n) is 5.22. The van der Waals surface area contributed by atoms with Gasteiger partial charge < -0.3 is 9.80 Å². The first-order valence-corrected chi connectivity index (χ1v) is 5.22. The highest BCUT2D eigenvalue weighted by atomic mass is 16.2. The molecule has 0 atom stereocenters. The van der Waals surface area contributed by atoms with Gasteiger partial charge in [0.2, 0.25) is 0 Å². The molecule has 0 bridgehead atoms. The van der Waals surface area contributed by atoms with Gasteiger partial charge in [-0.1, -0.05) is 0 Å². The van der Waals surface area contributed by atoms with Gasteiger partial charge in [0.1, 0.15) is 0 Å². The average Bonchev–Trinajstić information content (AvgIpc) is 2.06. The molecule has 1 heterocycles. The van der Waals surface area contributed by atoms with E-state index in [1.54, 1.807) is 0 Å². The lowest BCUT2D eigenvalue weighted by atomic mass is 9.72. The van der Waals surface area contributed by atoms with Crippen molar-refractivity contribution in [2.24, 2.45) is 0 Å². The van der Waals surface area contributed by atoms with Gasteiger partial charge in [0.05, 0.1) is 0 Å². The van der Waals surface area contributed by atoms with Crippen LogP contribution in [0.15, 0.2) is 0 Å². The minimum absolute atomic E-state index is 0.230. The molecule has 2 rings (SSSR count). The van der Waals surface area contributed by atoms with E-state index in [1.165, 1.54) is 25.7 Å². The second-order valence-corrected chi connectivity index (χ2v) is 4.28. The minimum Gasteiger partial charge on any atom is -0.328 e. The van der Waals surface area contributed by atoms with Crippen molar-refractivity contribution in [1.29, 1.82) is 0 Å². The summed E-state index contributed by atoms with van der Waals surface area (Å²) in [7, 11) is 1.90. The van der Waals surface area contributed by atoms with Crippen molar-refractivity contribution in [2.75, 3.05) is 20.1 Å². The minimum atomic E-state index is 0.230. The number of rotatable bonds is 1. The maximum atomic E-state index is 11.8. The number of carbonyl (C=O) groups excluding carboxylic acids is 1. The molecule has 1 spiro atoms. The molecule has 0 unspecified atom stereocenters. The summed E-state index contributed by atoms with van der Waals surface area (Å²) in [6.07, 6.45) is 4.91. The smallest absolute Gasteiger partial charge is 0.320 e. The second-order valence-electron chi connectivity index (χ2n) is 4.28. The lowest BCUT2D eigenvalue weighted by molar-refractivity contribution is -0.000604. The molecule has 2 fully saturated rings. The van der Waals surface area contributed by atoms with Crippen molar-refractivity contribution in [1.82, 2.24) is 9.80 Å². The summed E-state index contributed by atoms with van der Waals surface area (Å²) in [6, 6.07) is 0.230. The Morgan fingerprint density at radius 1 is 1.38 bits per heavy atom. The molecule has 13 heavy (non-hydrogen) atoms. The standard InChI is InChI=1S/C10H18N2O/c1-3-12-9(13)11(2)8-7-10(12)5-4-6-10/h3-8H2,1-2H3. The van der Waals surface area contributed by atoms with Gasteiger partial charge in [-0.25, -0.2) is 4.79 Å². The lowest BCUT2D eigenvalue weighted by Gasteiger charge is -2.54. The summed E-state index contributed by atoms with van der Waals surface area (Å²) in [6.45, 7) is 3.88. The Balaban J connectivity index is 2.17. The van der Waals surface area contributed by atoms with Crippen molar-refractivity contribution in [2.45, 2.75) is 38.1 Å². The van der Waals surface area contributed by atoms with E-state index in [1.807, 2.05) is 11.9 Å². The normalized spacial score (nSPS) is 26.5. The maximum absolute atomic E-state index is 11.8. The van der Waals surface area contributed by atoms with Crippen LogP contribution in [-0.2, 0) is 0 Å². The molecule has 1 saturated carbocycles. The molecule has 3 nitrogen and oxygen atoms in total. The first kappa shape index (κ1) is 8.85. The largest absolute Gasteiger partial charge is 0.328 e. The fraction of sp³-hybridized carbons (Fsp3) is 0.900. The molecule has 0 aromatic heterocycles. The zero-order valence-electron chi connectivity index (χ0n) is 8.55. The zero-order valence-corrected chi connectivity index (χ0v) is 8.55. The van der Waals surface area contributed by atoms with Crippen LogP contribution in [0.1, 0.15) is 32.6 Å². The van der Waals surface area contributed by atoms with Crippen molar-refractivity contribution in [3.63, 3.8) is 0 Å². The van der Waals surface area contributed by atoms with E-state index in [0.717, 1.165) is 13.1 Å². The highest BCUT2D eigenvalue weighted by Gasteiger charge is 2.47. The molecule has 0 radical (unpaired) electrons. The maximum Gasteiger partial charge on any atom is 0.320 e. The zero-order chi connectivity index (χ0) is 9.47. The Morgan fingerprint density at radius 3 is 2.54 bits per heavy atom. The van der Waals surface area contributed by atoms with E-state index in [0.29, 0.717) is 0 Å². The van der Waals surface area contributed by atoms with Crippen LogP contribution in [0.5, 0.6) is 0 Å². The van der Waals surface area contributed by atoms with E-state index in [9.17, 15) is 4.79 Å². The van der Waals surface area contributed by atoms with E-state index in [2.05, 4.69) is 11.8 Å². The number of urea groups is 1. The van der Waals surface area contributed by atoms with Crippen LogP contribution in [0.2, 0.25) is 0 Å². The van der Waals surface area contributed by atoms with Crippen LogP contribution in [0, 0.1) is 0 Å². The highest BCUT2D eigenvalue weighted by Crippen LogP contribution is 2.42. The number of nitrogens with zero attached hydrogens (tertiary/aromatic N) is 2. The van der Waals surface area contributed by atoms with Crippen LogP contribution in [0.4, 0.5) is 4.79 Å². The van der Waals surface area contributed by atoms with Gasteiger partial charge in [0.25, 0.3) is 0 Å². The van der Waals surface area contributed by atoms with Gasteiger partial charge in [-0.3, -0.25) is 0 Å². The van der Waals surface area contributed by atoms with E-state index in [-0.39, 0.29) is 11.6 Å². The fourth-order valence-electron chi connectivity index (χ4n) is 2.59. The summed E-state index contributed by atoms with van der Waals surface area (Å²) < 4.78 is 0. The molecule has 0 aromatic rings. The molecule has 0 aromatic carbocycles. The molecule has 3 heteroatoms. The Bertz CT molecular complexity index is 223. The van der Waals surface area contributed by atoms with Gasteiger partial charge in [0, 0.05) is 25.7 Å². The molecule has 1 aliphatic carbocycles. The second kappa shape index (κ2) is 2.89. The van der Waals surface area contributed by atoms with Gasteiger partial charge in [0.15, 0.2) is 0 Å². The monoisotopic (exact) mass is 182 g/mol. The van der Waals surface area contributed by atoms with Gasteiger partial charge in [-0.2, -0.15) is 0 Å². The summed E-state index contributed by atoms with van der Waals surface area (Å²) in [5, 5.41) is 0. The third kappa shape index (κ3) is 1.13. The lowest BCUT2D eigenvalue weighted by Crippen LogP contribution is -2.63. The Morgan fingerprint density at radius 2 is 2.08 bits per heavy atom. The molecule has 2 aliphatic rings. The van der Waals surface area contributed by atoms with E-state index >= 15 is 0 Å². The average molecular weight is 182 g/mol. The quantitative estimate of drug-likeness (QED) is 0.605. The fourth-order valence-corrected chi connectivity index (χ4v) is 2.59. The molecule has 1 saturated heterocycles. The Hall–Kier alpha value is -0.730. The van der Waals surface area contributed by atoms with Crippen LogP contribution in [-0.4, -0.2) is 41.5 Å². The number of hydrogen-bond acceptors (Lipinski definition) is 1. The third-order valence-corrected chi connectivity index (χ3v) is 3.64. The Kier molecular flexibility index (Phi) is 1.97. The van der Waals surface area contributed by atoms with Gasteiger partial charge >= 0.3 is 6.03 Å². The predicted octanol–water partition coefficient (Wildman–Crippen LogP) is 1.69. The molecule has 1 aliphatic heterocycles. The summed E-state index contributed by atoms with van der Waals surface area (Å²) in [5.41, 5.74) is 0.262. The molecular formula is C10H18N2O. The third-order valence-electron chi connectivity index (χ3n) is 3.64. The summed E-state index contributed by atoms with van der Waals surface area (Å²) >= 11 is 0. The molecular weight excluding hydrogens is 164 g/mol. The number of amides is 2. The molecule has 0 N–H and O–H groups in total. The highest BCUT2D eigenvalue weighted by molar-refractivity contribution is 5.76. The summed E-state index contributed by atoms with van der Waals surface area (Å²) in [4.78, 5) is 15.7. The van der Waals surface area contributed by atoms with E-state index in [4.69, 9.17) is 0 Å². The van der Waals surface area contributed by atoms with Crippen LogP contribution >= 0.6 is 0 Å². The predicted molar refractivity (Wildman–Crippen MR) is 51.6 cm³/mol. The SMILES string of the molecule is CCN1C(=O)N(C)CCC12CCC2. The van der Waals surface area contributed by atoms with Gasteiger partial charge in [-0.15, -0.1) is 0 Å². The number of carbonyl (C=O) groups is 1. The van der Waals surface area contributed by atoms with Crippen LogP contribution in [0.3, 0.4) is 0 Å². The van der Waals surface area contributed by atoms with Gasteiger partial charge in [-0.05, 0) is 32.6 Å². The first-order chi connectivity index (χ1) is 6.19. The molecule has 2 amide bonds. The topological polar surface area (TPSA) is 23.6 Å². The van der Waals surface area contributed by atoms with Crippen LogP contribution in [0.25, 0.3) is 0 Å². The van der Waals surface area contributed by atoms with Crippen molar-refractivity contribution in [3.8, 4) is 0 Å². The van der Waals surface area contributed by atoms with Crippen LogP contribution < -0.4 is 0 Å². The van der Waals surface area contributed by atoms with Crippen molar-refractivity contribution < 1.29 is 4.79 Å². The summed E-state index contributed by atoms with van der Waals surface area (Å²) in [5.74, 6) is 0.